The zero-order valence-corrected chi connectivity index (χ0v) is 27.2. The van der Waals surface area contributed by atoms with Gasteiger partial charge in [-0.1, -0.05) is 158 Å². The fourth-order valence-corrected chi connectivity index (χ4v) is 7.36. The van der Waals surface area contributed by atoms with Crippen molar-refractivity contribution in [2.45, 2.75) is 0 Å². The van der Waals surface area contributed by atoms with E-state index in [-0.39, 0.29) is 0 Å². The maximum atomic E-state index is 5.21. The van der Waals surface area contributed by atoms with Gasteiger partial charge in [-0.05, 0) is 39.6 Å². The third kappa shape index (κ3) is 5.56. The molecule has 0 aliphatic heterocycles. The number of hydrogen-bond acceptors (Lipinski definition) is 5. The number of aromatic nitrogens is 4. The molecule has 0 amide bonds. The Hall–Kier alpha value is -6.30. The minimum Gasteiger partial charge on any atom is -0.235 e. The summed E-state index contributed by atoms with van der Waals surface area (Å²) in [5.74, 6) is 1.93. The van der Waals surface area contributed by atoms with Crippen LogP contribution in [0, 0.1) is 0 Å². The van der Waals surface area contributed by atoms with Crippen LogP contribution in [-0.2, 0) is 0 Å². The maximum absolute atomic E-state index is 5.21. The largest absolute Gasteiger partial charge is 0.235 e. The average molecular weight is 645 g/mol. The van der Waals surface area contributed by atoms with Crippen LogP contribution in [-0.4, -0.2) is 19.9 Å². The molecule has 0 bridgehead atoms. The van der Waals surface area contributed by atoms with Crippen molar-refractivity contribution in [1.29, 1.82) is 0 Å². The molecule has 0 atom stereocenters. The first-order valence-electron chi connectivity index (χ1n) is 16.2. The van der Waals surface area contributed by atoms with Crippen molar-refractivity contribution in [2.24, 2.45) is 0 Å². The Kier molecular flexibility index (Phi) is 7.30. The minimum atomic E-state index is 0.633. The smallest absolute Gasteiger partial charge is 0.164 e. The SMILES string of the molecule is c1ccc(-c2nc(-c3ccccc3)nc(-c3ccc(-c4cc(-c5cccc6ccccc56)cc5sc(-c6ccccc6)nc45)cc3)n2)cc1. The van der Waals surface area contributed by atoms with Crippen molar-refractivity contribution < 1.29 is 0 Å². The fourth-order valence-electron chi connectivity index (χ4n) is 6.32. The Morgan fingerprint density at radius 1 is 0.347 bits per heavy atom. The monoisotopic (exact) mass is 644 g/mol. The van der Waals surface area contributed by atoms with E-state index in [1.807, 2.05) is 66.7 Å². The topological polar surface area (TPSA) is 51.6 Å². The molecule has 2 heterocycles. The molecule has 0 radical (unpaired) electrons. The van der Waals surface area contributed by atoms with Crippen molar-refractivity contribution in [3.63, 3.8) is 0 Å². The molecule has 0 N–H and O–H groups in total. The highest BCUT2D eigenvalue weighted by atomic mass is 32.1. The molecule has 9 rings (SSSR count). The van der Waals surface area contributed by atoms with Gasteiger partial charge in [0.2, 0.25) is 0 Å². The molecule has 4 nitrogen and oxygen atoms in total. The highest BCUT2D eigenvalue weighted by Gasteiger charge is 2.17. The molecule has 0 aliphatic rings. The number of hydrogen-bond donors (Lipinski definition) is 0. The molecule has 0 fully saturated rings. The summed E-state index contributed by atoms with van der Waals surface area (Å²) in [7, 11) is 0. The van der Waals surface area contributed by atoms with Crippen LogP contribution in [0.3, 0.4) is 0 Å². The highest BCUT2D eigenvalue weighted by Crippen LogP contribution is 2.41. The first-order valence-corrected chi connectivity index (χ1v) is 17.0. The van der Waals surface area contributed by atoms with Crippen molar-refractivity contribution in [3.8, 4) is 67.0 Å². The van der Waals surface area contributed by atoms with Gasteiger partial charge in [0.25, 0.3) is 0 Å². The zero-order valence-electron chi connectivity index (χ0n) is 26.4. The Morgan fingerprint density at radius 2 is 0.857 bits per heavy atom. The first-order chi connectivity index (χ1) is 24.3. The summed E-state index contributed by atoms with van der Waals surface area (Å²) in [5.41, 5.74) is 9.50. The summed E-state index contributed by atoms with van der Waals surface area (Å²) in [6.07, 6.45) is 0. The molecule has 0 saturated heterocycles. The normalized spacial score (nSPS) is 11.3. The standard InChI is InChI=1S/C44H28N4S/c1-4-14-31(15-5-1)41-46-42(32-16-6-2-7-17-32)48-43(47-41)33-25-23-30(24-26-33)38-27-35(37-22-12-20-29-13-10-11-21-36(29)37)28-39-40(38)45-44(49-39)34-18-8-3-9-19-34/h1-28H. The number of thiazole rings is 1. The van der Waals surface area contributed by atoms with Gasteiger partial charge in [0, 0.05) is 27.8 Å². The number of nitrogens with zero attached hydrogens (tertiary/aromatic N) is 4. The van der Waals surface area contributed by atoms with E-state index in [4.69, 9.17) is 19.9 Å². The number of fused-ring (bicyclic) bond motifs is 2. The number of rotatable bonds is 6. The molecule has 9 aromatic rings. The van der Waals surface area contributed by atoms with Crippen molar-refractivity contribution in [1.82, 2.24) is 19.9 Å². The Morgan fingerprint density at radius 3 is 1.49 bits per heavy atom. The lowest BCUT2D eigenvalue weighted by Gasteiger charge is -2.11. The molecule has 5 heteroatoms. The summed E-state index contributed by atoms with van der Waals surface area (Å²) < 4.78 is 1.15. The van der Waals surface area contributed by atoms with Crippen LogP contribution >= 0.6 is 11.3 Å². The Labute approximate surface area is 288 Å². The van der Waals surface area contributed by atoms with E-state index in [0.717, 1.165) is 48.6 Å². The van der Waals surface area contributed by atoms with Crippen LogP contribution in [0.5, 0.6) is 0 Å². The van der Waals surface area contributed by atoms with Gasteiger partial charge >= 0.3 is 0 Å². The van der Waals surface area contributed by atoms with E-state index < -0.39 is 0 Å². The lowest BCUT2D eigenvalue weighted by Crippen LogP contribution is -2.00. The molecular formula is C44H28N4S. The third-order valence-corrected chi connectivity index (χ3v) is 9.82. The second-order valence-electron chi connectivity index (χ2n) is 11.9. The maximum Gasteiger partial charge on any atom is 0.164 e. The molecule has 7 aromatic carbocycles. The van der Waals surface area contributed by atoms with Crippen LogP contribution in [0.15, 0.2) is 170 Å². The highest BCUT2D eigenvalue weighted by molar-refractivity contribution is 7.21. The lowest BCUT2D eigenvalue weighted by molar-refractivity contribution is 1.07. The van der Waals surface area contributed by atoms with Crippen molar-refractivity contribution in [3.05, 3.63) is 170 Å². The molecular weight excluding hydrogens is 617 g/mol. The molecule has 49 heavy (non-hydrogen) atoms. The molecule has 0 spiro atoms. The Balaban J connectivity index is 1.19. The summed E-state index contributed by atoms with van der Waals surface area (Å²) in [4.78, 5) is 19.9. The van der Waals surface area contributed by atoms with E-state index in [1.165, 1.54) is 21.9 Å². The van der Waals surface area contributed by atoms with E-state index in [9.17, 15) is 0 Å². The van der Waals surface area contributed by atoms with Crippen LogP contribution < -0.4 is 0 Å². The van der Waals surface area contributed by atoms with Crippen molar-refractivity contribution in [2.75, 3.05) is 0 Å². The van der Waals surface area contributed by atoms with E-state index in [2.05, 4.69) is 103 Å². The van der Waals surface area contributed by atoms with Crippen molar-refractivity contribution >= 4 is 32.3 Å². The summed E-state index contributed by atoms with van der Waals surface area (Å²) in [6, 6.07) is 58.8. The van der Waals surface area contributed by atoms with E-state index in [1.54, 1.807) is 11.3 Å². The molecule has 0 aliphatic carbocycles. The molecule has 230 valence electrons. The zero-order chi connectivity index (χ0) is 32.6. The van der Waals surface area contributed by atoms with Gasteiger partial charge in [0.1, 0.15) is 5.01 Å². The third-order valence-electron chi connectivity index (χ3n) is 8.77. The van der Waals surface area contributed by atoms with Gasteiger partial charge in [-0.15, -0.1) is 11.3 Å². The minimum absolute atomic E-state index is 0.633. The van der Waals surface area contributed by atoms with E-state index in [0.29, 0.717) is 17.5 Å². The lowest BCUT2D eigenvalue weighted by atomic mass is 9.94. The van der Waals surface area contributed by atoms with Crippen LogP contribution in [0.25, 0.3) is 88.0 Å². The first kappa shape index (κ1) is 28.9. The van der Waals surface area contributed by atoms with Gasteiger partial charge in [0.05, 0.1) is 10.2 Å². The van der Waals surface area contributed by atoms with Gasteiger partial charge in [-0.3, -0.25) is 0 Å². The summed E-state index contributed by atoms with van der Waals surface area (Å²) >= 11 is 1.73. The summed E-state index contributed by atoms with van der Waals surface area (Å²) in [5, 5.41) is 3.47. The van der Waals surface area contributed by atoms with Gasteiger partial charge < -0.3 is 0 Å². The second kappa shape index (κ2) is 12.4. The summed E-state index contributed by atoms with van der Waals surface area (Å²) in [6.45, 7) is 0. The predicted molar refractivity (Wildman–Crippen MR) is 203 cm³/mol. The average Bonchev–Trinajstić information content (AvgIpc) is 3.63. The van der Waals surface area contributed by atoms with Crippen LogP contribution in [0.4, 0.5) is 0 Å². The fraction of sp³-hybridized carbons (Fsp3) is 0. The number of benzene rings is 7. The van der Waals surface area contributed by atoms with Gasteiger partial charge in [-0.25, -0.2) is 19.9 Å². The van der Waals surface area contributed by atoms with Gasteiger partial charge in [-0.2, -0.15) is 0 Å². The quantitative estimate of drug-likeness (QED) is 0.181. The second-order valence-corrected chi connectivity index (χ2v) is 12.9. The Bertz CT molecular complexity index is 2520. The molecule has 0 unspecified atom stereocenters. The predicted octanol–water partition coefficient (Wildman–Crippen LogP) is 11.6. The molecule has 0 saturated carbocycles. The van der Waals surface area contributed by atoms with E-state index >= 15 is 0 Å². The van der Waals surface area contributed by atoms with Gasteiger partial charge in [0.15, 0.2) is 17.5 Å². The van der Waals surface area contributed by atoms with Crippen LogP contribution in [0.2, 0.25) is 0 Å². The molecule has 2 aromatic heterocycles. The van der Waals surface area contributed by atoms with Crippen LogP contribution in [0.1, 0.15) is 0 Å².